The van der Waals surface area contributed by atoms with Crippen molar-refractivity contribution in [2.24, 2.45) is 9.98 Å². The van der Waals surface area contributed by atoms with Gasteiger partial charge in [0.1, 0.15) is 0 Å². The Hall–Kier alpha value is -1.73. The molecule has 0 amide bonds. The van der Waals surface area contributed by atoms with E-state index in [2.05, 4.69) is 77.9 Å². The molecule has 43 heavy (non-hydrogen) atoms. The molecule has 0 bridgehead atoms. The predicted molar refractivity (Wildman–Crippen MR) is 190 cm³/mol. The van der Waals surface area contributed by atoms with Crippen LogP contribution in [0.1, 0.15) is 167 Å². The average Bonchev–Trinajstić information content (AvgIpc) is 3.00. The fraction of sp³-hybridized carbons (Fsp3) is 0.650. The first-order valence-corrected chi connectivity index (χ1v) is 18.0. The van der Waals surface area contributed by atoms with E-state index in [9.17, 15) is 0 Å². The molecule has 3 heteroatoms. The molecule has 2 rings (SSSR count). The second-order valence-corrected chi connectivity index (χ2v) is 12.3. The summed E-state index contributed by atoms with van der Waals surface area (Å²) in [6.45, 7) is 13.7. The van der Waals surface area contributed by atoms with Crippen molar-refractivity contribution in [2.75, 3.05) is 0 Å². The van der Waals surface area contributed by atoms with Gasteiger partial charge in [-0.25, -0.2) is 0 Å². The smallest absolute Gasteiger partial charge is 0.0636 e. The fourth-order valence-electron chi connectivity index (χ4n) is 5.85. The van der Waals surface area contributed by atoms with Crippen LogP contribution in [0.4, 0.5) is 11.4 Å². The van der Waals surface area contributed by atoms with Crippen molar-refractivity contribution >= 4 is 22.8 Å². The number of hydrogen-bond acceptors (Lipinski definition) is 2. The summed E-state index contributed by atoms with van der Waals surface area (Å²) in [5, 5.41) is 0. The van der Waals surface area contributed by atoms with E-state index in [-0.39, 0.29) is 16.5 Å². The molecule has 0 aromatic heterocycles. The van der Waals surface area contributed by atoms with Crippen LogP contribution < -0.4 is 0 Å². The van der Waals surface area contributed by atoms with Gasteiger partial charge in [-0.2, -0.15) is 0 Å². The van der Waals surface area contributed by atoms with Gasteiger partial charge >= 0.3 is 0 Å². The normalized spacial score (nSPS) is 12.0. The quantitative estimate of drug-likeness (QED) is 0.0662. The van der Waals surface area contributed by atoms with Crippen LogP contribution in [-0.2, 0) is 42.2 Å². The van der Waals surface area contributed by atoms with Gasteiger partial charge in [0.25, 0.3) is 0 Å². The molecule has 0 aliphatic carbocycles. The van der Waals surface area contributed by atoms with Gasteiger partial charge in [0.2, 0.25) is 0 Å². The standard InChI is InChI=1S/C40H64N2.Ni/c1-7-13-18-22-33-27-29-37(31-35(33)24-20-15-9-3)41-39(12-6)40(26-17-11-5)42-38-30-28-34(23-19-14-8-2)36(32-38)25-21-16-10-4;/h27-32H,7-26H2,1-6H3;. The topological polar surface area (TPSA) is 24.7 Å². The van der Waals surface area contributed by atoms with Crippen LogP contribution in [-0.4, -0.2) is 11.4 Å². The summed E-state index contributed by atoms with van der Waals surface area (Å²) in [4.78, 5) is 10.6. The maximum absolute atomic E-state index is 5.33. The van der Waals surface area contributed by atoms with Crippen LogP contribution >= 0.6 is 0 Å². The summed E-state index contributed by atoms with van der Waals surface area (Å²) in [5.41, 5.74) is 10.6. The number of aliphatic imine (C=N–C) groups is 2. The Morgan fingerprint density at radius 3 is 1.19 bits per heavy atom. The van der Waals surface area contributed by atoms with Crippen molar-refractivity contribution in [3.63, 3.8) is 0 Å². The van der Waals surface area contributed by atoms with Gasteiger partial charge in [-0.3, -0.25) is 9.98 Å². The zero-order chi connectivity index (χ0) is 30.4. The van der Waals surface area contributed by atoms with Crippen LogP contribution in [0.2, 0.25) is 0 Å². The Balaban J connectivity index is 0.00000924. The predicted octanol–water partition coefficient (Wildman–Crippen LogP) is 13.1. The molecule has 0 aliphatic heterocycles. The number of nitrogens with zero attached hydrogens (tertiary/aromatic N) is 2. The van der Waals surface area contributed by atoms with E-state index in [1.807, 2.05) is 0 Å². The maximum Gasteiger partial charge on any atom is 0.0636 e. The molecule has 0 atom stereocenters. The van der Waals surface area contributed by atoms with Crippen molar-refractivity contribution in [2.45, 2.75) is 170 Å². The summed E-state index contributed by atoms with van der Waals surface area (Å²) >= 11 is 0. The molecule has 0 saturated heterocycles. The number of hydrogen-bond donors (Lipinski definition) is 0. The van der Waals surface area contributed by atoms with Crippen molar-refractivity contribution in [1.29, 1.82) is 0 Å². The van der Waals surface area contributed by atoms with Crippen molar-refractivity contribution in [3.8, 4) is 0 Å². The van der Waals surface area contributed by atoms with Gasteiger partial charge in [-0.1, -0.05) is 111 Å². The fourth-order valence-corrected chi connectivity index (χ4v) is 5.85. The molecule has 0 spiro atoms. The minimum atomic E-state index is 0. The number of rotatable bonds is 23. The number of unbranched alkanes of at least 4 members (excludes halogenated alkanes) is 9. The van der Waals surface area contributed by atoms with Crippen molar-refractivity contribution in [1.82, 2.24) is 0 Å². The Bertz CT molecular complexity index is 1070. The second kappa shape index (κ2) is 24.6. The summed E-state index contributed by atoms with van der Waals surface area (Å²) in [6.07, 6.45) is 24.3. The van der Waals surface area contributed by atoms with E-state index in [1.165, 1.54) is 137 Å². The van der Waals surface area contributed by atoms with Crippen LogP contribution in [0.15, 0.2) is 46.4 Å². The molecule has 0 unspecified atom stereocenters. The van der Waals surface area contributed by atoms with Gasteiger partial charge in [-0.15, -0.1) is 0 Å². The summed E-state index contributed by atoms with van der Waals surface area (Å²) in [6, 6.07) is 14.0. The Morgan fingerprint density at radius 2 is 0.814 bits per heavy atom. The molecule has 2 nitrogen and oxygen atoms in total. The summed E-state index contributed by atoms with van der Waals surface area (Å²) in [5.74, 6) is 0. The third-order valence-corrected chi connectivity index (χ3v) is 8.54. The zero-order valence-electron chi connectivity index (χ0n) is 28.8. The third kappa shape index (κ3) is 15.2. The first kappa shape index (κ1) is 39.3. The monoisotopic (exact) mass is 630 g/mol. The minimum absolute atomic E-state index is 0. The Morgan fingerprint density at radius 1 is 0.442 bits per heavy atom. The van der Waals surface area contributed by atoms with E-state index in [0.29, 0.717) is 0 Å². The van der Waals surface area contributed by atoms with Crippen LogP contribution in [0.25, 0.3) is 0 Å². The van der Waals surface area contributed by atoms with Crippen LogP contribution in [0, 0.1) is 0 Å². The van der Waals surface area contributed by atoms with E-state index < -0.39 is 0 Å². The van der Waals surface area contributed by atoms with Gasteiger partial charge in [0.05, 0.1) is 22.8 Å². The van der Waals surface area contributed by atoms with Crippen LogP contribution in [0.3, 0.4) is 0 Å². The summed E-state index contributed by atoms with van der Waals surface area (Å²) < 4.78 is 0. The molecule has 2 aromatic carbocycles. The van der Waals surface area contributed by atoms with Crippen molar-refractivity contribution < 1.29 is 16.5 Å². The molecule has 0 heterocycles. The molecule has 0 radical (unpaired) electrons. The first-order chi connectivity index (χ1) is 20.6. The molecular weight excluding hydrogens is 567 g/mol. The minimum Gasteiger partial charge on any atom is -0.252 e. The van der Waals surface area contributed by atoms with Gasteiger partial charge < -0.3 is 0 Å². The molecule has 244 valence electrons. The van der Waals surface area contributed by atoms with Crippen molar-refractivity contribution in [3.05, 3.63) is 58.7 Å². The van der Waals surface area contributed by atoms with E-state index in [4.69, 9.17) is 9.98 Å². The van der Waals surface area contributed by atoms with Gasteiger partial charge in [0.15, 0.2) is 0 Å². The molecule has 0 N–H and O–H groups in total. The summed E-state index contributed by atoms with van der Waals surface area (Å²) in [7, 11) is 0. The SMILES string of the molecule is CCCCCc1ccc(N=C(CC)C(CCCC)=Nc2ccc(CCCCC)c(CCCCC)c2)cc1CCCCC.[Ni]. The zero-order valence-corrected chi connectivity index (χ0v) is 29.8. The molecule has 0 fully saturated rings. The number of benzene rings is 2. The average molecular weight is 632 g/mol. The van der Waals surface area contributed by atoms with E-state index in [0.717, 1.165) is 36.3 Å². The Kier molecular flexibility index (Phi) is 22.5. The largest absolute Gasteiger partial charge is 0.252 e. The second-order valence-electron chi connectivity index (χ2n) is 12.3. The molecular formula is C40H64N2Ni. The van der Waals surface area contributed by atoms with Crippen LogP contribution in [0.5, 0.6) is 0 Å². The maximum atomic E-state index is 5.33. The Labute approximate surface area is 277 Å². The molecule has 2 aromatic rings. The van der Waals surface area contributed by atoms with E-state index in [1.54, 1.807) is 0 Å². The van der Waals surface area contributed by atoms with E-state index >= 15 is 0 Å². The van der Waals surface area contributed by atoms with Gasteiger partial charge in [-0.05, 0) is 117 Å². The van der Waals surface area contributed by atoms with Gasteiger partial charge in [0, 0.05) is 16.5 Å². The number of aryl methyl sites for hydroxylation is 4. The third-order valence-electron chi connectivity index (χ3n) is 8.54. The molecule has 0 aliphatic rings. The molecule has 0 saturated carbocycles. The first-order valence-electron chi connectivity index (χ1n) is 18.0.